The van der Waals surface area contributed by atoms with Gasteiger partial charge in [0.25, 0.3) is 5.91 Å². The summed E-state index contributed by atoms with van der Waals surface area (Å²) < 4.78 is 41.1. The molecule has 1 amide bonds. The second-order valence-electron chi connectivity index (χ2n) is 9.96. The molecule has 8 heteroatoms. The van der Waals surface area contributed by atoms with E-state index in [9.17, 15) is 22.8 Å². The van der Waals surface area contributed by atoms with Crippen LogP contribution < -0.4 is 5.32 Å². The van der Waals surface area contributed by atoms with E-state index in [0.717, 1.165) is 71.8 Å². The van der Waals surface area contributed by atoms with Gasteiger partial charge in [-0.2, -0.15) is 13.2 Å². The molecule has 1 atom stereocenters. The third-order valence-electron chi connectivity index (χ3n) is 7.11. The fourth-order valence-corrected chi connectivity index (χ4v) is 4.94. The van der Waals surface area contributed by atoms with E-state index >= 15 is 0 Å². The summed E-state index contributed by atoms with van der Waals surface area (Å²) in [4.78, 5) is 23.1. The van der Waals surface area contributed by atoms with Crippen molar-refractivity contribution in [3.63, 3.8) is 0 Å². The Bertz CT molecular complexity index is 1440. The number of hydrogen-bond donors (Lipinski definition) is 2. The number of unbranched alkanes of at least 4 members (excludes halogenated alkanes) is 3. The summed E-state index contributed by atoms with van der Waals surface area (Å²) in [6.45, 7) is 2.24. The predicted molar refractivity (Wildman–Crippen MR) is 150 cm³/mol. The summed E-state index contributed by atoms with van der Waals surface area (Å²) in [6.07, 6.45) is 2.90. The zero-order chi connectivity index (χ0) is 28.7. The van der Waals surface area contributed by atoms with Gasteiger partial charge in [-0.15, -0.1) is 0 Å². The van der Waals surface area contributed by atoms with Gasteiger partial charge in [0, 0.05) is 29.2 Å². The van der Waals surface area contributed by atoms with Crippen molar-refractivity contribution in [3.8, 4) is 11.1 Å². The minimum atomic E-state index is -4.37. The largest absolute Gasteiger partial charge is 0.481 e. The van der Waals surface area contributed by atoms with Crippen molar-refractivity contribution >= 4 is 22.8 Å². The molecule has 2 N–H and O–H groups in total. The Kier molecular flexibility index (Phi) is 9.30. The van der Waals surface area contributed by atoms with Gasteiger partial charge in [-0.1, -0.05) is 62.9 Å². The summed E-state index contributed by atoms with van der Waals surface area (Å²) in [5.74, 6) is -1.28. The molecule has 4 aromatic rings. The van der Waals surface area contributed by atoms with Crippen LogP contribution in [0.1, 0.15) is 73.0 Å². The molecule has 210 valence electrons. The molecule has 1 unspecified atom stereocenters. The molecule has 0 saturated carbocycles. The molecule has 0 spiro atoms. The van der Waals surface area contributed by atoms with E-state index < -0.39 is 17.7 Å². The van der Waals surface area contributed by atoms with E-state index in [1.165, 1.54) is 12.1 Å². The molecule has 3 aromatic carbocycles. The van der Waals surface area contributed by atoms with Gasteiger partial charge >= 0.3 is 12.1 Å². The van der Waals surface area contributed by atoms with E-state index in [0.29, 0.717) is 5.56 Å². The van der Waals surface area contributed by atoms with Crippen molar-refractivity contribution in [3.05, 3.63) is 95.7 Å². The molecule has 0 radical (unpaired) electrons. The molecular weight excluding hydrogens is 517 g/mol. The third kappa shape index (κ3) is 7.11. The highest BCUT2D eigenvalue weighted by Crippen LogP contribution is 2.34. The second-order valence-corrected chi connectivity index (χ2v) is 9.96. The average molecular weight is 551 g/mol. The van der Waals surface area contributed by atoms with Crippen LogP contribution in [0.5, 0.6) is 0 Å². The lowest BCUT2D eigenvalue weighted by Crippen LogP contribution is -2.26. The molecule has 0 aliphatic carbocycles. The van der Waals surface area contributed by atoms with Crippen molar-refractivity contribution < 1.29 is 27.9 Å². The van der Waals surface area contributed by atoms with Crippen LogP contribution in [-0.2, 0) is 11.0 Å². The van der Waals surface area contributed by atoms with Gasteiger partial charge in [-0.05, 0) is 65.6 Å². The fourth-order valence-electron chi connectivity index (χ4n) is 4.94. The van der Waals surface area contributed by atoms with Crippen LogP contribution in [0.2, 0.25) is 0 Å². The number of carbonyl (C=O) groups excluding carboxylic acids is 1. The summed E-state index contributed by atoms with van der Waals surface area (Å²) in [5.41, 5.74) is 3.44. The summed E-state index contributed by atoms with van der Waals surface area (Å²) in [7, 11) is 0. The first-order valence-corrected chi connectivity index (χ1v) is 13.6. The molecule has 0 aliphatic rings. The summed E-state index contributed by atoms with van der Waals surface area (Å²) >= 11 is 0. The number of aliphatic carboxylic acids is 1. The summed E-state index contributed by atoms with van der Waals surface area (Å²) in [5, 5.41) is 12.4. The van der Waals surface area contributed by atoms with Crippen LogP contribution in [0.3, 0.4) is 0 Å². The number of alkyl halides is 3. The molecule has 0 fully saturated rings. The number of benzene rings is 3. The first-order valence-electron chi connectivity index (χ1n) is 13.6. The number of hydrogen-bond acceptors (Lipinski definition) is 2. The molecular formula is C32H33F3N2O3. The minimum Gasteiger partial charge on any atom is -0.481 e. The fraction of sp³-hybridized carbons (Fsp3) is 0.312. The first-order chi connectivity index (χ1) is 19.2. The molecule has 0 bridgehead atoms. The first kappa shape index (κ1) is 28.9. The van der Waals surface area contributed by atoms with Gasteiger partial charge in [0.2, 0.25) is 0 Å². The molecule has 1 heterocycles. The Balaban J connectivity index is 1.59. The van der Waals surface area contributed by atoms with Gasteiger partial charge in [0.05, 0.1) is 18.0 Å². The maximum absolute atomic E-state index is 13.0. The lowest BCUT2D eigenvalue weighted by molar-refractivity contribution is -0.138. The molecule has 0 saturated heterocycles. The van der Waals surface area contributed by atoms with Crippen molar-refractivity contribution in [2.45, 2.75) is 57.7 Å². The Labute approximate surface area is 231 Å². The number of rotatable bonds is 12. The maximum Gasteiger partial charge on any atom is 0.416 e. The highest BCUT2D eigenvalue weighted by Gasteiger charge is 2.30. The minimum absolute atomic E-state index is 0.0374. The van der Waals surface area contributed by atoms with E-state index in [1.54, 1.807) is 12.1 Å². The zero-order valence-electron chi connectivity index (χ0n) is 22.4. The van der Waals surface area contributed by atoms with Gasteiger partial charge in [0.15, 0.2) is 0 Å². The second kappa shape index (κ2) is 12.9. The zero-order valence-corrected chi connectivity index (χ0v) is 22.4. The Morgan fingerprint density at radius 3 is 2.25 bits per heavy atom. The number of nitrogens with zero attached hydrogens (tertiary/aromatic N) is 1. The Hall–Kier alpha value is -4.07. The normalized spacial score (nSPS) is 12.4. The molecule has 1 aromatic heterocycles. The highest BCUT2D eigenvalue weighted by atomic mass is 19.4. The van der Waals surface area contributed by atoms with Crippen LogP contribution >= 0.6 is 0 Å². The van der Waals surface area contributed by atoms with E-state index in [1.807, 2.05) is 42.6 Å². The predicted octanol–water partition coefficient (Wildman–Crippen LogP) is 8.09. The Morgan fingerprint density at radius 2 is 1.60 bits per heavy atom. The Morgan fingerprint density at radius 1 is 0.900 bits per heavy atom. The molecule has 0 aliphatic heterocycles. The SMILES string of the molecule is CCCCCCC(c1ccc(C(=O)NCCC(=O)O)cc1)n1ccc2cc(-c3ccc(C(F)(F)F)cc3)ccc21. The van der Waals surface area contributed by atoms with Crippen LogP contribution in [0.25, 0.3) is 22.0 Å². The number of carboxylic acid groups (broad SMARTS) is 1. The van der Waals surface area contributed by atoms with Crippen LogP contribution in [0.15, 0.2) is 79.0 Å². The smallest absolute Gasteiger partial charge is 0.416 e. The number of aromatic nitrogens is 1. The lowest BCUT2D eigenvalue weighted by Gasteiger charge is -2.21. The van der Waals surface area contributed by atoms with Crippen molar-refractivity contribution in [1.29, 1.82) is 0 Å². The number of amides is 1. The van der Waals surface area contributed by atoms with Gasteiger partial charge < -0.3 is 15.0 Å². The molecule has 4 rings (SSSR count). The van der Waals surface area contributed by atoms with Crippen molar-refractivity contribution in [2.75, 3.05) is 6.54 Å². The third-order valence-corrected chi connectivity index (χ3v) is 7.11. The van der Waals surface area contributed by atoms with Gasteiger partial charge in [0.1, 0.15) is 0 Å². The average Bonchev–Trinajstić information content (AvgIpc) is 3.35. The van der Waals surface area contributed by atoms with Gasteiger partial charge in [-0.25, -0.2) is 0 Å². The highest BCUT2D eigenvalue weighted by molar-refractivity contribution is 5.94. The standard InChI is InChI=1S/C32H33F3N2O3/c1-2-3-4-5-6-28(23-7-9-24(10-8-23)31(40)36-19-17-30(38)39)37-20-18-26-21-25(13-16-29(26)37)22-11-14-27(15-12-22)32(33,34)35/h7-16,18,20-21,28H,2-6,17,19H2,1H3,(H,36,40)(H,38,39). The van der Waals surface area contributed by atoms with E-state index in [4.69, 9.17) is 5.11 Å². The monoisotopic (exact) mass is 550 g/mol. The topological polar surface area (TPSA) is 71.3 Å². The lowest BCUT2D eigenvalue weighted by atomic mass is 9.98. The van der Waals surface area contributed by atoms with E-state index in [2.05, 4.69) is 16.8 Å². The number of carboxylic acids is 1. The quantitative estimate of drug-likeness (QED) is 0.175. The van der Waals surface area contributed by atoms with Crippen molar-refractivity contribution in [1.82, 2.24) is 9.88 Å². The van der Waals surface area contributed by atoms with Gasteiger partial charge in [-0.3, -0.25) is 9.59 Å². The number of fused-ring (bicyclic) bond motifs is 1. The summed E-state index contributed by atoms with van der Waals surface area (Å²) in [6, 6.07) is 20.6. The van der Waals surface area contributed by atoms with Crippen LogP contribution in [-0.4, -0.2) is 28.1 Å². The van der Waals surface area contributed by atoms with Crippen molar-refractivity contribution in [2.24, 2.45) is 0 Å². The van der Waals surface area contributed by atoms with Crippen LogP contribution in [0.4, 0.5) is 13.2 Å². The number of nitrogens with one attached hydrogen (secondary N) is 1. The molecule has 5 nitrogen and oxygen atoms in total. The van der Waals surface area contributed by atoms with E-state index in [-0.39, 0.29) is 24.9 Å². The number of halogens is 3. The molecule has 40 heavy (non-hydrogen) atoms. The van der Waals surface area contributed by atoms with Crippen LogP contribution in [0, 0.1) is 0 Å². The number of carbonyl (C=O) groups is 2. The maximum atomic E-state index is 13.0.